The molecule has 3 N–H and O–H groups in total. The number of rotatable bonds is 16. The Labute approximate surface area is 312 Å². The van der Waals surface area contributed by atoms with Crippen molar-refractivity contribution in [2.24, 2.45) is 17.8 Å². The minimum absolute atomic E-state index is 0.0158. The maximum absolute atomic E-state index is 15.2. The zero-order valence-electron chi connectivity index (χ0n) is 30.2. The molecular formula is C39H46F2N6O7. The van der Waals surface area contributed by atoms with E-state index < -0.39 is 35.6 Å². The van der Waals surface area contributed by atoms with Crippen LogP contribution in [0.25, 0.3) is 11.3 Å². The molecule has 288 valence electrons. The van der Waals surface area contributed by atoms with Gasteiger partial charge in [-0.1, -0.05) is 30.3 Å². The zero-order chi connectivity index (χ0) is 38.2. The van der Waals surface area contributed by atoms with Gasteiger partial charge >= 0.3 is 0 Å². The van der Waals surface area contributed by atoms with Gasteiger partial charge in [0.1, 0.15) is 23.6 Å². The van der Waals surface area contributed by atoms with E-state index in [1.807, 2.05) is 34.9 Å². The first-order valence-corrected chi connectivity index (χ1v) is 18.3. The third-order valence-electron chi connectivity index (χ3n) is 10.2. The van der Waals surface area contributed by atoms with Crippen LogP contribution in [0.1, 0.15) is 37.2 Å². The molecule has 13 nitrogen and oxygen atoms in total. The average Bonchev–Trinajstić information content (AvgIpc) is 3.89. The highest BCUT2D eigenvalue weighted by Crippen LogP contribution is 2.38. The van der Waals surface area contributed by atoms with E-state index in [-0.39, 0.29) is 73.7 Å². The number of aliphatic hydroxyl groups is 1. The fourth-order valence-corrected chi connectivity index (χ4v) is 7.38. The maximum atomic E-state index is 15.2. The van der Waals surface area contributed by atoms with Crippen LogP contribution in [0, 0.1) is 29.4 Å². The Morgan fingerprint density at radius 3 is 2.54 bits per heavy atom. The minimum Gasteiger partial charge on any atom is -0.384 e. The van der Waals surface area contributed by atoms with E-state index in [1.165, 1.54) is 19.1 Å². The number of amides is 4. The van der Waals surface area contributed by atoms with Crippen molar-refractivity contribution in [3.05, 3.63) is 89.9 Å². The number of nitrogens with zero attached hydrogens (tertiary/aromatic N) is 4. The van der Waals surface area contributed by atoms with Crippen molar-refractivity contribution in [2.75, 3.05) is 59.2 Å². The molecular weight excluding hydrogens is 702 g/mol. The standard InChI is InChI=1S/C39H46F2N6O7/c1-25(48)39(52)47(23-28-20-42-21-31(28)38(51)43-13-17-54-18-14-46-34(49)9-10-35(46)50)36(27-11-15-53-16-12-27)37-44-33(30-19-29(40)7-8-32(30)41)24-45(37)22-26-5-3-2-4-6-26/h2-10,19,24-25,27-28,31,36,42,48H,11-18,20-23H2,1H3,(H,43,51)/t25-,28-,31+,36?/m0/s1. The SMILES string of the molecule is C[C@H](O)C(=O)N(C[C@@H]1CNC[C@H]1C(=O)NCCOCCN1C(=O)C=CC1=O)C(c1nc(-c2cc(F)ccc2F)cn1Cc1ccccc1)C1CCOCC1. The number of nitrogens with one attached hydrogen (secondary N) is 2. The lowest BCUT2D eigenvalue weighted by molar-refractivity contribution is -0.146. The Morgan fingerprint density at radius 2 is 1.81 bits per heavy atom. The first kappa shape index (κ1) is 38.9. The molecule has 1 unspecified atom stereocenters. The van der Waals surface area contributed by atoms with E-state index in [2.05, 4.69) is 10.6 Å². The van der Waals surface area contributed by atoms with Crippen molar-refractivity contribution < 1.29 is 42.5 Å². The van der Waals surface area contributed by atoms with Crippen molar-refractivity contribution in [2.45, 2.75) is 38.5 Å². The first-order chi connectivity index (χ1) is 26.1. The summed E-state index contributed by atoms with van der Waals surface area (Å²) in [5, 5.41) is 17.0. The molecule has 2 aromatic carbocycles. The minimum atomic E-state index is -1.37. The third-order valence-corrected chi connectivity index (χ3v) is 10.2. The number of aliphatic hydroxyl groups excluding tert-OH is 1. The van der Waals surface area contributed by atoms with Gasteiger partial charge in [-0.2, -0.15) is 0 Å². The normalized spacial score (nSPS) is 20.0. The van der Waals surface area contributed by atoms with Gasteiger partial charge in [0.2, 0.25) is 5.91 Å². The molecule has 2 fully saturated rings. The number of carbonyl (C=O) groups excluding carboxylic acids is 4. The molecule has 2 saturated heterocycles. The van der Waals surface area contributed by atoms with Crippen molar-refractivity contribution >= 4 is 23.6 Å². The number of aromatic nitrogens is 2. The monoisotopic (exact) mass is 748 g/mol. The predicted octanol–water partition coefficient (Wildman–Crippen LogP) is 2.45. The van der Waals surface area contributed by atoms with Crippen molar-refractivity contribution in [1.82, 2.24) is 30.0 Å². The lowest BCUT2D eigenvalue weighted by Crippen LogP contribution is -2.49. The molecule has 0 bridgehead atoms. The van der Waals surface area contributed by atoms with E-state index in [0.717, 1.165) is 28.7 Å². The van der Waals surface area contributed by atoms with Crippen LogP contribution in [-0.4, -0.2) is 113 Å². The second kappa shape index (κ2) is 18.0. The van der Waals surface area contributed by atoms with Gasteiger partial charge in [0.15, 0.2) is 0 Å². The van der Waals surface area contributed by atoms with Gasteiger partial charge in [0.25, 0.3) is 17.7 Å². The number of imide groups is 1. The molecule has 4 atom stereocenters. The first-order valence-electron chi connectivity index (χ1n) is 18.3. The van der Waals surface area contributed by atoms with Gasteiger partial charge in [0, 0.05) is 75.8 Å². The Balaban J connectivity index is 1.25. The summed E-state index contributed by atoms with van der Waals surface area (Å²) in [6.07, 6.45) is 3.89. The van der Waals surface area contributed by atoms with E-state index in [1.54, 1.807) is 11.1 Å². The average molecular weight is 749 g/mol. The molecule has 4 heterocycles. The number of hydrogen-bond acceptors (Lipinski definition) is 9. The van der Waals surface area contributed by atoms with E-state index in [4.69, 9.17) is 14.5 Å². The summed E-state index contributed by atoms with van der Waals surface area (Å²) in [6, 6.07) is 12.1. The van der Waals surface area contributed by atoms with E-state index >= 15 is 4.39 Å². The number of halogens is 2. The topological polar surface area (TPSA) is 155 Å². The van der Waals surface area contributed by atoms with Crippen LogP contribution in [0.15, 0.2) is 66.9 Å². The van der Waals surface area contributed by atoms with Crippen molar-refractivity contribution in [1.29, 1.82) is 0 Å². The smallest absolute Gasteiger partial charge is 0.253 e. The van der Waals surface area contributed by atoms with E-state index in [9.17, 15) is 28.7 Å². The van der Waals surface area contributed by atoms with Gasteiger partial charge in [-0.25, -0.2) is 13.8 Å². The lowest BCUT2D eigenvalue weighted by Gasteiger charge is -2.40. The quantitative estimate of drug-likeness (QED) is 0.148. The highest BCUT2D eigenvalue weighted by molar-refractivity contribution is 6.12. The van der Waals surface area contributed by atoms with Crippen LogP contribution >= 0.6 is 0 Å². The predicted molar refractivity (Wildman–Crippen MR) is 192 cm³/mol. The van der Waals surface area contributed by atoms with Gasteiger partial charge in [0.05, 0.1) is 37.4 Å². The number of imidazole rings is 1. The summed E-state index contributed by atoms with van der Waals surface area (Å²) < 4.78 is 42.7. The summed E-state index contributed by atoms with van der Waals surface area (Å²) in [4.78, 5) is 58.8. The molecule has 1 aromatic heterocycles. The largest absolute Gasteiger partial charge is 0.384 e. The zero-order valence-corrected chi connectivity index (χ0v) is 30.2. The fourth-order valence-electron chi connectivity index (χ4n) is 7.38. The molecule has 54 heavy (non-hydrogen) atoms. The van der Waals surface area contributed by atoms with Gasteiger partial charge in [-0.05, 0) is 49.4 Å². The number of benzene rings is 2. The van der Waals surface area contributed by atoms with Crippen LogP contribution in [0.5, 0.6) is 0 Å². The number of ether oxygens (including phenoxy) is 2. The molecule has 3 aliphatic rings. The Hall–Kier alpha value is -4.83. The molecule has 0 radical (unpaired) electrons. The Bertz CT molecular complexity index is 1810. The van der Waals surface area contributed by atoms with Crippen molar-refractivity contribution in [3.63, 3.8) is 0 Å². The second-order valence-electron chi connectivity index (χ2n) is 13.9. The molecule has 0 spiro atoms. The van der Waals surface area contributed by atoms with Gasteiger partial charge in [-0.15, -0.1) is 0 Å². The van der Waals surface area contributed by atoms with Crippen LogP contribution in [0.4, 0.5) is 8.78 Å². The summed E-state index contributed by atoms with van der Waals surface area (Å²) >= 11 is 0. The second-order valence-corrected chi connectivity index (χ2v) is 13.9. The summed E-state index contributed by atoms with van der Waals surface area (Å²) in [7, 11) is 0. The maximum Gasteiger partial charge on any atom is 0.253 e. The van der Waals surface area contributed by atoms with Crippen LogP contribution in [0.3, 0.4) is 0 Å². The number of carbonyl (C=O) groups is 4. The van der Waals surface area contributed by atoms with E-state index in [0.29, 0.717) is 51.5 Å². The summed E-state index contributed by atoms with van der Waals surface area (Å²) in [6.45, 7) is 4.13. The Morgan fingerprint density at radius 1 is 1.07 bits per heavy atom. The molecule has 3 aliphatic heterocycles. The van der Waals surface area contributed by atoms with Gasteiger partial charge in [-0.3, -0.25) is 24.1 Å². The molecule has 6 rings (SSSR count). The highest BCUT2D eigenvalue weighted by atomic mass is 19.1. The Kier molecular flexibility index (Phi) is 13.0. The lowest BCUT2D eigenvalue weighted by atomic mass is 9.87. The molecule has 15 heteroatoms. The summed E-state index contributed by atoms with van der Waals surface area (Å²) in [5.74, 6) is -3.37. The van der Waals surface area contributed by atoms with Crippen LogP contribution in [-0.2, 0) is 35.2 Å². The molecule has 3 aromatic rings. The van der Waals surface area contributed by atoms with Crippen LogP contribution in [0.2, 0.25) is 0 Å². The van der Waals surface area contributed by atoms with Crippen LogP contribution < -0.4 is 10.6 Å². The number of hydrogen-bond donors (Lipinski definition) is 3. The third kappa shape index (κ3) is 9.27. The molecule has 0 aliphatic carbocycles. The molecule has 4 amide bonds. The fraction of sp³-hybridized carbons (Fsp3) is 0.462. The summed E-state index contributed by atoms with van der Waals surface area (Å²) in [5.41, 5.74) is 1.12. The van der Waals surface area contributed by atoms with Crippen molar-refractivity contribution in [3.8, 4) is 11.3 Å². The molecule has 0 saturated carbocycles. The highest BCUT2D eigenvalue weighted by Gasteiger charge is 2.42. The van der Waals surface area contributed by atoms with Gasteiger partial charge < -0.3 is 34.7 Å².